The normalized spacial score (nSPS) is 22.6. The second-order valence-corrected chi connectivity index (χ2v) is 9.46. The van der Waals surface area contributed by atoms with Gasteiger partial charge in [-0.2, -0.15) is 20.7 Å². The molecule has 0 unspecified atom stereocenters. The summed E-state index contributed by atoms with van der Waals surface area (Å²) in [5.41, 5.74) is 5.80. The Hall–Kier alpha value is -4.75. The van der Waals surface area contributed by atoms with Crippen LogP contribution in [0.3, 0.4) is 0 Å². The molecule has 0 spiro atoms. The van der Waals surface area contributed by atoms with E-state index in [2.05, 4.69) is 34.5 Å². The van der Waals surface area contributed by atoms with Gasteiger partial charge in [0.1, 0.15) is 6.07 Å². The molecule has 2 aliphatic carbocycles. The van der Waals surface area contributed by atoms with Gasteiger partial charge in [-0.1, -0.05) is 37.3 Å². The van der Waals surface area contributed by atoms with Gasteiger partial charge in [0.2, 0.25) is 0 Å². The van der Waals surface area contributed by atoms with Crippen LogP contribution in [0.25, 0.3) is 16.9 Å². The lowest BCUT2D eigenvalue weighted by atomic mass is 9.54. The summed E-state index contributed by atoms with van der Waals surface area (Å²) in [6, 6.07) is 21.6. The third-order valence-electron chi connectivity index (χ3n) is 7.71. The van der Waals surface area contributed by atoms with E-state index in [0.29, 0.717) is 5.56 Å². The van der Waals surface area contributed by atoms with Gasteiger partial charge in [0.25, 0.3) is 0 Å². The fourth-order valence-electron chi connectivity index (χ4n) is 5.97. The first kappa shape index (κ1) is 21.8. The molecular weight excluding hydrogens is 448 g/mol. The zero-order valence-corrected chi connectivity index (χ0v) is 19.6. The van der Waals surface area contributed by atoms with Gasteiger partial charge in [-0.05, 0) is 54.7 Å². The first-order chi connectivity index (χ1) is 17.6. The Morgan fingerprint density at radius 1 is 1.08 bits per heavy atom. The fourth-order valence-corrected chi connectivity index (χ4v) is 5.97. The van der Waals surface area contributed by atoms with Gasteiger partial charge in [0, 0.05) is 23.2 Å². The zero-order valence-electron chi connectivity index (χ0n) is 19.6. The first-order valence-electron chi connectivity index (χ1n) is 11.9. The van der Waals surface area contributed by atoms with Crippen molar-refractivity contribution >= 4 is 5.78 Å². The number of aromatic amines is 1. The topological polar surface area (TPSA) is 111 Å². The Morgan fingerprint density at radius 2 is 1.86 bits per heavy atom. The number of hydrogen-bond acceptors (Lipinski definition) is 5. The first-order valence-corrected chi connectivity index (χ1v) is 11.9. The van der Waals surface area contributed by atoms with Gasteiger partial charge in [-0.15, -0.1) is 0 Å². The zero-order chi connectivity index (χ0) is 24.9. The summed E-state index contributed by atoms with van der Waals surface area (Å²) in [5, 5.41) is 31.5. The van der Waals surface area contributed by atoms with Crippen LogP contribution in [0, 0.1) is 34.5 Å². The molecule has 6 rings (SSSR count). The molecule has 7 heteroatoms. The summed E-state index contributed by atoms with van der Waals surface area (Å²) in [5.74, 6) is -0.337. The Bertz CT molecular complexity index is 1600. The van der Waals surface area contributed by atoms with Gasteiger partial charge in [-0.3, -0.25) is 9.89 Å². The molecule has 7 nitrogen and oxygen atoms in total. The number of allylic oxidation sites excluding steroid dienone is 2. The molecule has 4 aromatic rings. The van der Waals surface area contributed by atoms with Crippen molar-refractivity contribution in [1.82, 2.24) is 20.0 Å². The van der Waals surface area contributed by atoms with Crippen molar-refractivity contribution in [2.45, 2.75) is 25.2 Å². The minimum atomic E-state index is -0.637. The minimum Gasteiger partial charge on any atom is -0.293 e. The summed E-state index contributed by atoms with van der Waals surface area (Å²) in [7, 11) is 0. The molecule has 2 aromatic heterocycles. The molecule has 36 heavy (non-hydrogen) atoms. The quantitative estimate of drug-likeness (QED) is 0.468. The van der Waals surface area contributed by atoms with E-state index < -0.39 is 5.41 Å². The molecule has 2 aliphatic rings. The maximum atomic E-state index is 13.0. The van der Waals surface area contributed by atoms with Crippen LogP contribution in [0.1, 0.15) is 35.7 Å². The second kappa shape index (κ2) is 8.18. The molecule has 0 aliphatic heterocycles. The molecule has 1 N–H and O–H groups in total. The van der Waals surface area contributed by atoms with Crippen molar-refractivity contribution in [2.75, 3.05) is 0 Å². The molecule has 0 fully saturated rings. The number of Topliss-reactive ketones (excluding diaryl/α,β-unsaturated/α-hetero) is 1. The van der Waals surface area contributed by atoms with Crippen molar-refractivity contribution in [3.05, 3.63) is 101 Å². The molecule has 3 atom stereocenters. The van der Waals surface area contributed by atoms with Gasteiger partial charge in [-0.25, -0.2) is 4.68 Å². The number of nitriles is 2. The predicted molar refractivity (Wildman–Crippen MR) is 133 cm³/mol. The van der Waals surface area contributed by atoms with E-state index in [-0.39, 0.29) is 23.2 Å². The van der Waals surface area contributed by atoms with E-state index in [4.69, 9.17) is 10.4 Å². The number of H-pyrrole nitrogens is 1. The SMILES string of the molecule is C[C@@H]1C(=O)C(C#N)=C[C@]2(c3ccccc3)c3[nH]nc(-c4cnn(-c5ccc(C#N)cc5)c4)c3CC[C@@H]12. The van der Waals surface area contributed by atoms with Crippen LogP contribution in [0.15, 0.2) is 78.6 Å². The summed E-state index contributed by atoms with van der Waals surface area (Å²) in [4.78, 5) is 13.0. The molecular formula is C29H22N6O. The fraction of sp³-hybridized carbons (Fsp3) is 0.207. The number of ketones is 1. The van der Waals surface area contributed by atoms with Gasteiger partial charge < -0.3 is 0 Å². The van der Waals surface area contributed by atoms with E-state index in [1.165, 1.54) is 0 Å². The number of nitrogens with one attached hydrogen (secondary N) is 1. The smallest absolute Gasteiger partial charge is 0.176 e. The lowest BCUT2D eigenvalue weighted by Crippen LogP contribution is -2.48. The number of aromatic nitrogens is 4. The molecule has 0 saturated heterocycles. The average molecular weight is 471 g/mol. The number of carbonyl (C=O) groups is 1. The highest BCUT2D eigenvalue weighted by molar-refractivity contribution is 6.02. The third-order valence-corrected chi connectivity index (χ3v) is 7.71. The van der Waals surface area contributed by atoms with Gasteiger partial charge in [0.05, 0.1) is 45.9 Å². The average Bonchev–Trinajstić information content (AvgIpc) is 3.59. The number of hydrogen-bond donors (Lipinski definition) is 1. The number of benzene rings is 2. The third kappa shape index (κ3) is 3.07. The molecule has 174 valence electrons. The van der Waals surface area contributed by atoms with Crippen LogP contribution in [-0.2, 0) is 16.6 Å². The highest BCUT2D eigenvalue weighted by atomic mass is 16.1. The van der Waals surface area contributed by atoms with Gasteiger partial charge >= 0.3 is 0 Å². The summed E-state index contributed by atoms with van der Waals surface area (Å²) in [6.45, 7) is 1.94. The number of carbonyl (C=O) groups excluding carboxylic acids is 1. The second-order valence-electron chi connectivity index (χ2n) is 9.46. The van der Waals surface area contributed by atoms with E-state index in [9.17, 15) is 10.1 Å². The summed E-state index contributed by atoms with van der Waals surface area (Å²) >= 11 is 0. The number of rotatable bonds is 3. The van der Waals surface area contributed by atoms with Crippen molar-refractivity contribution in [3.8, 4) is 29.1 Å². The Kier molecular flexibility index (Phi) is 4.94. The molecule has 0 saturated carbocycles. The van der Waals surface area contributed by atoms with E-state index in [1.807, 2.05) is 49.5 Å². The van der Waals surface area contributed by atoms with Crippen LogP contribution in [-0.4, -0.2) is 25.8 Å². The summed E-state index contributed by atoms with van der Waals surface area (Å²) < 4.78 is 1.77. The Balaban J connectivity index is 1.50. The van der Waals surface area contributed by atoms with Crippen molar-refractivity contribution in [3.63, 3.8) is 0 Å². The van der Waals surface area contributed by atoms with Crippen LogP contribution < -0.4 is 0 Å². The maximum Gasteiger partial charge on any atom is 0.176 e. The standard InChI is InChI=1S/C29H22N6O/c1-18-25-12-11-24-26(21-16-32-35(17-21)23-9-7-19(14-30)8-10-23)33-34-28(24)29(25,13-20(15-31)27(18)36)22-5-3-2-4-6-22/h2-10,13,16-18,25H,11-12H2,1H3,(H,33,34)/t18-,25-,29+/m0/s1. The van der Waals surface area contributed by atoms with E-state index >= 15 is 0 Å². The lowest BCUT2D eigenvalue weighted by Gasteiger charge is -2.47. The van der Waals surface area contributed by atoms with Crippen LogP contribution >= 0.6 is 0 Å². The largest absolute Gasteiger partial charge is 0.293 e. The van der Waals surface area contributed by atoms with Crippen LogP contribution in [0.2, 0.25) is 0 Å². The monoisotopic (exact) mass is 470 g/mol. The Labute approximate surface area is 208 Å². The molecule has 2 aromatic carbocycles. The highest BCUT2D eigenvalue weighted by Crippen LogP contribution is 2.54. The molecule has 0 amide bonds. The lowest BCUT2D eigenvalue weighted by molar-refractivity contribution is -0.121. The number of nitrogens with zero attached hydrogens (tertiary/aromatic N) is 5. The number of fused-ring (bicyclic) bond motifs is 3. The van der Waals surface area contributed by atoms with Crippen molar-refractivity contribution in [2.24, 2.45) is 11.8 Å². The van der Waals surface area contributed by atoms with Crippen molar-refractivity contribution < 1.29 is 4.79 Å². The minimum absolute atomic E-state index is 0.0201. The maximum absolute atomic E-state index is 13.0. The van der Waals surface area contributed by atoms with Gasteiger partial charge in [0.15, 0.2) is 5.78 Å². The van der Waals surface area contributed by atoms with E-state index in [1.54, 1.807) is 23.0 Å². The van der Waals surface area contributed by atoms with Crippen LogP contribution in [0.5, 0.6) is 0 Å². The predicted octanol–water partition coefficient (Wildman–Crippen LogP) is 4.65. The van der Waals surface area contributed by atoms with Crippen LogP contribution in [0.4, 0.5) is 0 Å². The summed E-state index contributed by atoms with van der Waals surface area (Å²) in [6.07, 6.45) is 7.17. The van der Waals surface area contributed by atoms with Crippen molar-refractivity contribution in [1.29, 1.82) is 10.5 Å². The molecule has 0 bridgehead atoms. The Morgan fingerprint density at radius 3 is 2.58 bits per heavy atom. The van der Waals surface area contributed by atoms with E-state index in [0.717, 1.165) is 46.6 Å². The molecule has 2 heterocycles. The highest BCUT2D eigenvalue weighted by Gasteiger charge is 2.53. The molecule has 0 radical (unpaired) electrons.